The lowest BCUT2D eigenvalue weighted by molar-refractivity contribution is -0.130. The smallest absolute Gasteiger partial charge is 0.257 e. The van der Waals surface area contributed by atoms with Crippen LogP contribution in [0, 0.1) is 12.8 Å². The van der Waals surface area contributed by atoms with Crippen molar-refractivity contribution < 1.29 is 9.59 Å². The molecule has 0 saturated carbocycles. The van der Waals surface area contributed by atoms with E-state index in [1.165, 1.54) is 0 Å². The lowest BCUT2D eigenvalue weighted by Crippen LogP contribution is -2.48. The summed E-state index contributed by atoms with van der Waals surface area (Å²) >= 11 is 0. The molecule has 2 aromatic heterocycles. The highest BCUT2D eigenvalue weighted by Crippen LogP contribution is 2.31. The van der Waals surface area contributed by atoms with Crippen molar-refractivity contribution in [2.24, 2.45) is 5.92 Å². The molecule has 2 unspecified atom stereocenters. The van der Waals surface area contributed by atoms with Crippen LogP contribution in [0.25, 0.3) is 0 Å². The summed E-state index contributed by atoms with van der Waals surface area (Å²) in [6.07, 6.45) is 10.4. The van der Waals surface area contributed by atoms with E-state index in [2.05, 4.69) is 20.2 Å². The van der Waals surface area contributed by atoms with Crippen LogP contribution in [0.1, 0.15) is 53.8 Å². The molecule has 2 amide bonds. The molecule has 8 nitrogen and oxygen atoms in total. The molecular weight excluding hydrogens is 356 g/mol. The van der Waals surface area contributed by atoms with Crippen molar-refractivity contribution in [3.05, 3.63) is 35.7 Å². The molecule has 4 heterocycles. The van der Waals surface area contributed by atoms with Crippen LogP contribution in [0.2, 0.25) is 0 Å². The Kier molecular flexibility index (Phi) is 5.45. The molecule has 0 bridgehead atoms. The Hall–Kier alpha value is -2.64. The molecule has 0 aliphatic carbocycles. The molecule has 2 aromatic rings. The molecule has 2 fully saturated rings. The van der Waals surface area contributed by atoms with Gasteiger partial charge in [0.15, 0.2) is 0 Å². The summed E-state index contributed by atoms with van der Waals surface area (Å²) in [7, 11) is 0. The number of aromatic nitrogens is 4. The molecule has 8 heteroatoms. The van der Waals surface area contributed by atoms with Gasteiger partial charge in [-0.25, -0.2) is 4.98 Å². The summed E-state index contributed by atoms with van der Waals surface area (Å²) < 4.78 is 0. The number of aromatic amines is 2. The SMILES string of the molecule is Cc1[nH]ncc1C(=O)N1CCCCC1C1CCN(C(=O)CCc2cnc[nH]2)C1. The van der Waals surface area contributed by atoms with Crippen molar-refractivity contribution in [3.63, 3.8) is 0 Å². The first-order valence-corrected chi connectivity index (χ1v) is 10.2. The fraction of sp³-hybridized carbons (Fsp3) is 0.600. The first kappa shape index (κ1) is 18.7. The minimum absolute atomic E-state index is 0.0694. The van der Waals surface area contributed by atoms with Crippen molar-refractivity contribution in [3.8, 4) is 0 Å². The Morgan fingerprint density at radius 2 is 2.11 bits per heavy atom. The predicted octanol–water partition coefficient (Wildman–Crippen LogP) is 1.92. The Morgan fingerprint density at radius 3 is 2.86 bits per heavy atom. The molecule has 2 atom stereocenters. The topological polar surface area (TPSA) is 98.0 Å². The lowest BCUT2D eigenvalue weighted by atomic mass is 9.89. The highest BCUT2D eigenvalue weighted by atomic mass is 16.2. The number of likely N-dealkylation sites (tertiary alicyclic amines) is 2. The molecule has 0 aromatic carbocycles. The van der Waals surface area contributed by atoms with Gasteiger partial charge < -0.3 is 14.8 Å². The van der Waals surface area contributed by atoms with E-state index < -0.39 is 0 Å². The van der Waals surface area contributed by atoms with E-state index >= 15 is 0 Å². The summed E-state index contributed by atoms with van der Waals surface area (Å²) in [5, 5.41) is 6.87. The average Bonchev–Trinajstić information content (AvgIpc) is 3.47. The van der Waals surface area contributed by atoms with Crippen molar-refractivity contribution in [1.82, 2.24) is 30.0 Å². The van der Waals surface area contributed by atoms with Crippen molar-refractivity contribution in [2.45, 2.75) is 51.5 Å². The van der Waals surface area contributed by atoms with E-state index in [1.54, 1.807) is 18.7 Å². The molecule has 150 valence electrons. The number of nitrogens with zero attached hydrogens (tertiary/aromatic N) is 4. The number of carbonyl (C=O) groups is 2. The number of carbonyl (C=O) groups excluding carboxylic acids is 2. The van der Waals surface area contributed by atoms with E-state index in [9.17, 15) is 9.59 Å². The fourth-order valence-electron chi connectivity index (χ4n) is 4.57. The van der Waals surface area contributed by atoms with Gasteiger partial charge in [0.05, 0.1) is 18.1 Å². The number of hydrogen-bond acceptors (Lipinski definition) is 4. The molecule has 2 N–H and O–H groups in total. The maximum absolute atomic E-state index is 13.1. The summed E-state index contributed by atoms with van der Waals surface area (Å²) in [5.41, 5.74) is 2.47. The molecule has 0 spiro atoms. The minimum Gasteiger partial charge on any atom is -0.348 e. The Bertz CT molecular complexity index is 815. The van der Waals surface area contributed by atoms with Crippen LogP contribution in [-0.4, -0.2) is 67.5 Å². The van der Waals surface area contributed by atoms with Gasteiger partial charge >= 0.3 is 0 Å². The largest absolute Gasteiger partial charge is 0.348 e. The van der Waals surface area contributed by atoms with Gasteiger partial charge in [0.25, 0.3) is 5.91 Å². The second-order valence-corrected chi connectivity index (χ2v) is 7.94. The van der Waals surface area contributed by atoms with Gasteiger partial charge in [-0.15, -0.1) is 0 Å². The van der Waals surface area contributed by atoms with E-state index in [4.69, 9.17) is 0 Å². The Labute approximate surface area is 164 Å². The van der Waals surface area contributed by atoms with Gasteiger partial charge in [-0.2, -0.15) is 5.10 Å². The zero-order valence-electron chi connectivity index (χ0n) is 16.4. The molecule has 0 radical (unpaired) electrons. The van der Waals surface area contributed by atoms with Crippen LogP contribution in [0.4, 0.5) is 0 Å². The number of imidazole rings is 1. The first-order valence-electron chi connectivity index (χ1n) is 10.2. The van der Waals surface area contributed by atoms with E-state index in [-0.39, 0.29) is 17.9 Å². The van der Waals surface area contributed by atoms with Crippen LogP contribution in [0.15, 0.2) is 18.7 Å². The average molecular weight is 384 g/mol. The van der Waals surface area contributed by atoms with E-state index in [0.717, 1.165) is 56.7 Å². The summed E-state index contributed by atoms with van der Waals surface area (Å²) in [6.45, 7) is 4.21. The van der Waals surface area contributed by atoms with Gasteiger partial charge in [0.2, 0.25) is 5.91 Å². The van der Waals surface area contributed by atoms with Crippen molar-refractivity contribution in [2.75, 3.05) is 19.6 Å². The molecular formula is C20H28N6O2. The van der Waals surface area contributed by atoms with Crippen molar-refractivity contribution in [1.29, 1.82) is 0 Å². The van der Waals surface area contributed by atoms with Crippen LogP contribution in [0.5, 0.6) is 0 Å². The van der Waals surface area contributed by atoms with Gasteiger partial charge in [0.1, 0.15) is 0 Å². The van der Waals surface area contributed by atoms with Crippen LogP contribution in [-0.2, 0) is 11.2 Å². The lowest BCUT2D eigenvalue weighted by Gasteiger charge is -2.39. The number of piperidine rings is 1. The highest BCUT2D eigenvalue weighted by molar-refractivity contribution is 5.95. The van der Waals surface area contributed by atoms with E-state index in [0.29, 0.717) is 24.3 Å². The minimum atomic E-state index is 0.0694. The Morgan fingerprint density at radius 1 is 1.21 bits per heavy atom. The number of aryl methyl sites for hydroxylation is 2. The fourth-order valence-corrected chi connectivity index (χ4v) is 4.57. The molecule has 2 aliphatic heterocycles. The summed E-state index contributed by atoms with van der Waals surface area (Å²) in [6, 6.07) is 0.209. The normalized spacial score (nSPS) is 22.6. The third-order valence-corrected chi connectivity index (χ3v) is 6.16. The summed E-state index contributed by atoms with van der Waals surface area (Å²) in [5.74, 6) is 0.615. The first-order chi connectivity index (χ1) is 13.6. The van der Waals surface area contributed by atoms with Crippen molar-refractivity contribution >= 4 is 11.8 Å². The maximum atomic E-state index is 13.1. The molecule has 28 heavy (non-hydrogen) atoms. The van der Waals surface area contributed by atoms with Crippen LogP contribution < -0.4 is 0 Å². The second kappa shape index (κ2) is 8.16. The van der Waals surface area contributed by atoms with Gasteiger partial charge in [0, 0.05) is 49.7 Å². The number of nitrogens with one attached hydrogen (secondary N) is 2. The van der Waals surface area contributed by atoms with Gasteiger partial charge in [-0.3, -0.25) is 14.7 Å². The number of H-pyrrole nitrogens is 2. The third-order valence-electron chi connectivity index (χ3n) is 6.16. The number of rotatable bonds is 5. The van der Waals surface area contributed by atoms with Gasteiger partial charge in [-0.05, 0) is 44.9 Å². The Balaban J connectivity index is 1.38. The highest BCUT2D eigenvalue weighted by Gasteiger charge is 2.38. The van der Waals surface area contributed by atoms with Crippen LogP contribution in [0.3, 0.4) is 0 Å². The summed E-state index contributed by atoms with van der Waals surface area (Å²) in [4.78, 5) is 36.7. The zero-order chi connectivity index (χ0) is 19.5. The van der Waals surface area contributed by atoms with Crippen LogP contribution >= 0.6 is 0 Å². The quantitative estimate of drug-likeness (QED) is 0.823. The number of hydrogen-bond donors (Lipinski definition) is 2. The predicted molar refractivity (Wildman–Crippen MR) is 104 cm³/mol. The van der Waals surface area contributed by atoms with E-state index in [1.807, 2.05) is 16.7 Å². The third kappa shape index (κ3) is 3.81. The zero-order valence-corrected chi connectivity index (χ0v) is 16.4. The maximum Gasteiger partial charge on any atom is 0.257 e. The standard InChI is InChI=1S/C20H28N6O2/c1-14-17(11-23-24-14)20(28)26-8-3-2-4-18(26)15-7-9-25(12-15)19(27)6-5-16-10-21-13-22-16/h10-11,13,15,18H,2-9,12H2,1H3,(H,21,22)(H,23,24). The molecule has 2 saturated heterocycles. The monoisotopic (exact) mass is 384 g/mol. The van der Waals surface area contributed by atoms with Gasteiger partial charge in [-0.1, -0.05) is 0 Å². The molecule has 4 rings (SSSR count). The number of amides is 2. The second-order valence-electron chi connectivity index (χ2n) is 7.94. The molecule has 2 aliphatic rings.